The molecule has 0 aliphatic carbocycles. The molecule has 0 saturated carbocycles. The lowest BCUT2D eigenvalue weighted by Gasteiger charge is -2.50. The van der Waals surface area contributed by atoms with Gasteiger partial charge in [0.2, 0.25) is 0 Å². The summed E-state index contributed by atoms with van der Waals surface area (Å²) < 4.78 is 84.1. The van der Waals surface area contributed by atoms with Crippen LogP contribution in [0.2, 0.25) is 0 Å². The molecule has 0 aromatic rings. The van der Waals surface area contributed by atoms with Gasteiger partial charge in [0.05, 0.1) is 52.9 Å². The highest BCUT2D eigenvalue weighted by Gasteiger charge is 2.59. The summed E-state index contributed by atoms with van der Waals surface area (Å²) in [6, 6.07) is 0. The van der Waals surface area contributed by atoms with Crippen molar-refractivity contribution in [3.05, 3.63) is 0 Å². The predicted molar refractivity (Wildman–Crippen MR) is 264 cm³/mol. The van der Waals surface area contributed by atoms with Gasteiger partial charge in [-0.25, -0.2) is 0 Å². The van der Waals surface area contributed by atoms with Gasteiger partial charge in [-0.1, -0.05) is 0 Å². The average molecular weight is 1320 g/mol. The summed E-state index contributed by atoms with van der Waals surface area (Å²) in [6.45, 7) is -8.05. The fourth-order valence-electron chi connectivity index (χ4n) is 11.4. The molecule has 0 amide bonds. The van der Waals surface area contributed by atoms with Crippen LogP contribution in [0.25, 0.3) is 0 Å². The van der Waals surface area contributed by atoms with Crippen molar-refractivity contribution in [2.45, 2.75) is 246 Å². The Labute approximate surface area is 501 Å². The van der Waals surface area contributed by atoms with Crippen molar-refractivity contribution in [3.8, 4) is 0 Å². The molecule has 8 aliphatic heterocycles. The summed E-state index contributed by atoms with van der Waals surface area (Å²) in [5, 5.41) is 278. The minimum Gasteiger partial charge on any atom is -0.394 e. The van der Waals surface area contributed by atoms with Crippen LogP contribution in [0.5, 0.6) is 0 Å². The highest BCUT2D eigenvalue weighted by molar-refractivity contribution is 5.01. The summed E-state index contributed by atoms with van der Waals surface area (Å²) in [6.07, 6.45) is -79.8. The molecule has 8 heterocycles. The van der Waals surface area contributed by atoms with Gasteiger partial charge in [0.25, 0.3) is 0 Å². The molecule has 0 radical (unpaired) electrons. The Morgan fingerprint density at radius 1 is 0.191 bits per heavy atom. The maximum absolute atomic E-state index is 11.8. The third-order valence-corrected chi connectivity index (χ3v) is 16.6. The van der Waals surface area contributed by atoms with Gasteiger partial charge >= 0.3 is 0 Å². The van der Waals surface area contributed by atoms with Crippen LogP contribution in [0.1, 0.15) is 0 Å². The van der Waals surface area contributed by atoms with E-state index in [0.717, 1.165) is 0 Å². The lowest BCUT2D eigenvalue weighted by atomic mass is 9.95. The molecule has 8 saturated heterocycles. The number of hydrogen-bond donors (Lipinski definition) is 26. The molecule has 0 bridgehead atoms. The van der Waals surface area contributed by atoms with Crippen molar-refractivity contribution in [2.24, 2.45) is 0 Å². The summed E-state index contributed by atoms with van der Waals surface area (Å²) in [5.74, 6) is 0. The van der Waals surface area contributed by atoms with Crippen LogP contribution in [0.3, 0.4) is 0 Å². The van der Waals surface area contributed by atoms with Gasteiger partial charge in [0, 0.05) is 0 Å². The van der Waals surface area contributed by atoms with Crippen LogP contribution in [0.4, 0.5) is 0 Å². The van der Waals surface area contributed by atoms with Gasteiger partial charge in [-0.2, -0.15) is 0 Å². The third kappa shape index (κ3) is 15.2. The zero-order chi connectivity index (χ0) is 65.4. The zero-order valence-electron chi connectivity index (χ0n) is 46.5. The summed E-state index contributed by atoms with van der Waals surface area (Å²) >= 11 is 0. The minimum atomic E-state index is -2.38. The predicted octanol–water partition coefficient (Wildman–Crippen LogP) is -18.5. The zero-order valence-corrected chi connectivity index (χ0v) is 46.5. The molecule has 89 heavy (non-hydrogen) atoms. The van der Waals surface area contributed by atoms with Crippen molar-refractivity contribution in [1.82, 2.24) is 0 Å². The topological polar surface area (TPSA) is 664 Å². The van der Waals surface area contributed by atoms with Crippen molar-refractivity contribution in [2.75, 3.05) is 52.9 Å². The Morgan fingerprint density at radius 2 is 0.393 bits per heavy atom. The van der Waals surface area contributed by atoms with E-state index in [-0.39, 0.29) is 0 Å². The summed E-state index contributed by atoms with van der Waals surface area (Å²) in [7, 11) is 0. The second-order valence-corrected chi connectivity index (χ2v) is 22.4. The molecular weight excluding hydrogens is 1230 g/mol. The first kappa shape index (κ1) is 73.2. The highest BCUT2D eigenvalue weighted by Crippen LogP contribution is 2.38. The van der Waals surface area contributed by atoms with Gasteiger partial charge < -0.3 is 204 Å². The molecule has 40 atom stereocenters. The van der Waals surface area contributed by atoms with E-state index >= 15 is 0 Å². The summed E-state index contributed by atoms with van der Waals surface area (Å²) in [5.41, 5.74) is 0. The Balaban J connectivity index is 0.950. The van der Waals surface area contributed by atoms with Crippen LogP contribution in [0, 0.1) is 0 Å². The van der Waals surface area contributed by atoms with Crippen molar-refractivity contribution >= 4 is 0 Å². The molecule has 8 aliphatic rings. The van der Waals surface area contributed by atoms with Crippen LogP contribution >= 0.6 is 0 Å². The second-order valence-electron chi connectivity index (χ2n) is 22.4. The lowest BCUT2D eigenvalue weighted by molar-refractivity contribution is -0.400. The van der Waals surface area contributed by atoms with Crippen molar-refractivity contribution in [1.29, 1.82) is 0 Å². The Kier molecular flexibility index (Phi) is 25.9. The van der Waals surface area contributed by atoms with Gasteiger partial charge in [-0.3, -0.25) is 0 Å². The van der Waals surface area contributed by atoms with Crippen LogP contribution < -0.4 is 0 Å². The molecule has 0 spiro atoms. The average Bonchev–Trinajstić information content (AvgIpc) is 0.919. The summed E-state index contributed by atoms with van der Waals surface area (Å²) in [4.78, 5) is 0. The van der Waals surface area contributed by atoms with E-state index < -0.39 is 299 Å². The van der Waals surface area contributed by atoms with E-state index in [4.69, 9.17) is 71.1 Å². The van der Waals surface area contributed by atoms with E-state index in [1.807, 2.05) is 0 Å². The molecule has 26 N–H and O–H groups in total. The maximum atomic E-state index is 11.8. The third-order valence-electron chi connectivity index (χ3n) is 16.6. The maximum Gasteiger partial charge on any atom is 0.187 e. The molecule has 41 nitrogen and oxygen atoms in total. The van der Waals surface area contributed by atoms with Crippen LogP contribution in [0.15, 0.2) is 0 Å². The van der Waals surface area contributed by atoms with Crippen molar-refractivity contribution < 1.29 is 204 Å². The number of ether oxygens (including phenoxy) is 15. The first-order valence-corrected chi connectivity index (χ1v) is 28.2. The van der Waals surface area contributed by atoms with E-state index in [1.54, 1.807) is 0 Å². The van der Waals surface area contributed by atoms with E-state index in [2.05, 4.69) is 0 Å². The molecule has 8 rings (SSSR count). The number of rotatable bonds is 22. The van der Waals surface area contributed by atoms with Gasteiger partial charge in [-0.15, -0.1) is 0 Å². The Bertz CT molecular complexity index is 2120. The van der Waals surface area contributed by atoms with Crippen molar-refractivity contribution in [3.63, 3.8) is 0 Å². The second kappa shape index (κ2) is 31.5. The molecular formula is C48H82O41. The largest absolute Gasteiger partial charge is 0.394 e. The van der Waals surface area contributed by atoms with E-state index in [1.165, 1.54) is 0 Å². The number of aliphatic hydroxyl groups is 26. The number of hydrogen-bond acceptors (Lipinski definition) is 41. The minimum absolute atomic E-state index is 0.873. The first-order valence-electron chi connectivity index (χ1n) is 28.2. The Morgan fingerprint density at radius 3 is 0.674 bits per heavy atom. The molecule has 0 aromatic heterocycles. The van der Waals surface area contributed by atoms with Gasteiger partial charge in [0.1, 0.15) is 195 Å². The monoisotopic (exact) mass is 1310 g/mol. The molecule has 1 unspecified atom stereocenters. The van der Waals surface area contributed by atoms with Gasteiger partial charge in [-0.05, 0) is 0 Å². The fraction of sp³-hybridized carbons (Fsp3) is 1.00. The Hall–Kier alpha value is -1.64. The SMILES string of the molecule is OC[C@H]1O[C@H](OC[C@H]2O[C@H](O[C@H]3[C@H](O)[C@@H](O)[C@@H](O[C@H]4[C@H](O)[C@@H](O)[C@@H](O[C@H]5[C@H](O)[C@@H](O)C(O)O[C@@H]5CO)O[C@@H]4CO)O[C@@H]3CO)[C@H](O)[C@@H](O)[C@@H]2O[C@H]2O[C@H](CO)[C@@H](O[C@H]3O[C@H](CO)[C@@H](O[C@H]4O[C@H](CO)[C@@H](O)[C@H](O)[C@H]4O)[C@H](O)[C@H]3O)[C@H](O)[C@H]2O)[C@H](O)[C@@H](O)[C@@H]1O. The lowest BCUT2D eigenvalue weighted by Crippen LogP contribution is -2.68. The van der Waals surface area contributed by atoms with Crippen LogP contribution in [-0.2, 0) is 71.1 Å². The van der Waals surface area contributed by atoms with E-state index in [9.17, 15) is 133 Å². The fourth-order valence-corrected chi connectivity index (χ4v) is 11.4. The quantitative estimate of drug-likeness (QED) is 0.0479. The highest BCUT2D eigenvalue weighted by atomic mass is 16.8. The number of aliphatic hydroxyl groups excluding tert-OH is 26. The standard InChI is InChI=1S/C48H82O41/c49-1-9-17(56)19(58)28(67)42(77-9)75-8-16-40(89-47-33(72)25(64)38(14(6-54)82-47)87-45-31(70)22(61)36(12(4-52)80-45)85-43-29(68)20(59)18(57)10(2-50)78-43)26(65)34(73)48(83-16)88-39-15(7-55)81-46(32(71)24(39)63)86-37-13(5-53)79-44(30(69)23(37)62)84-35-11(3-51)76-41(74)27(66)21(35)60/h9-74H,1-8H2/t9-,10-,11-,12-,13-,14-,15-,16-,17-,18-,19+,20+,21-,22-,23-,24-,25-,26-,27-,28-,29-,30-,31-,32-,33-,34-,35-,36-,37-,38-,39-,40-,41?,42+,43-,44-,45-,46-,47-,48-/m1/s1. The molecule has 41 heteroatoms. The molecule has 0 aromatic carbocycles. The molecule has 8 fully saturated rings. The molecule has 520 valence electrons. The normalized spacial score (nSPS) is 53.6. The van der Waals surface area contributed by atoms with Crippen LogP contribution in [-0.4, -0.2) is 431 Å². The van der Waals surface area contributed by atoms with E-state index in [0.29, 0.717) is 0 Å². The first-order chi connectivity index (χ1) is 42.2. The smallest absolute Gasteiger partial charge is 0.187 e. The van der Waals surface area contributed by atoms with Gasteiger partial charge in [0.15, 0.2) is 50.3 Å².